The molecule has 3 rings (SSSR count). The fourth-order valence-corrected chi connectivity index (χ4v) is 3.95. The molecule has 2 N–H and O–H groups in total. The van der Waals surface area contributed by atoms with Crippen molar-refractivity contribution in [3.63, 3.8) is 0 Å². The van der Waals surface area contributed by atoms with E-state index in [1.807, 2.05) is 4.72 Å². The quantitative estimate of drug-likeness (QED) is 0.510. The van der Waals surface area contributed by atoms with Crippen LogP contribution in [0.2, 0.25) is 0 Å². The number of nitrogens with zero attached hydrogens (tertiary/aromatic N) is 5. The molecule has 0 saturated heterocycles. The van der Waals surface area contributed by atoms with E-state index in [4.69, 9.17) is 6.57 Å². The van der Waals surface area contributed by atoms with Gasteiger partial charge in [0.1, 0.15) is 12.0 Å². The highest BCUT2D eigenvalue weighted by Gasteiger charge is 2.23. The molecule has 0 saturated carbocycles. The predicted molar refractivity (Wildman–Crippen MR) is 126 cm³/mol. The fraction of sp³-hybridized carbons (Fsp3) is 0.227. The van der Waals surface area contributed by atoms with Crippen molar-refractivity contribution in [3.8, 4) is 11.1 Å². The Bertz CT molecular complexity index is 1390. The van der Waals surface area contributed by atoms with E-state index in [1.165, 1.54) is 36.7 Å². The summed E-state index contributed by atoms with van der Waals surface area (Å²) in [5.74, 6) is -0.675. The van der Waals surface area contributed by atoms with Crippen LogP contribution >= 0.6 is 0 Å². The molecule has 2 amide bonds. The van der Waals surface area contributed by atoms with E-state index in [2.05, 4.69) is 25.3 Å². The van der Waals surface area contributed by atoms with Gasteiger partial charge in [-0.1, -0.05) is 20.4 Å². The maximum absolute atomic E-state index is 14.4. The smallest absolute Gasteiger partial charge is 0.333 e. The Morgan fingerprint density at radius 3 is 2.59 bits per heavy atom. The second kappa shape index (κ2) is 9.80. The first kappa shape index (κ1) is 24.5. The van der Waals surface area contributed by atoms with Crippen molar-refractivity contribution < 1.29 is 17.6 Å². The van der Waals surface area contributed by atoms with E-state index in [-0.39, 0.29) is 23.0 Å². The first-order valence-corrected chi connectivity index (χ1v) is 11.5. The van der Waals surface area contributed by atoms with Crippen LogP contribution in [0.1, 0.15) is 25.3 Å². The second-order valence-corrected chi connectivity index (χ2v) is 9.42. The summed E-state index contributed by atoms with van der Waals surface area (Å²) in [4.78, 5) is 21.6. The highest BCUT2D eigenvalue weighted by atomic mass is 32.2. The first-order valence-electron chi connectivity index (χ1n) is 10.0. The predicted octanol–water partition coefficient (Wildman–Crippen LogP) is 3.93. The van der Waals surface area contributed by atoms with Gasteiger partial charge in [0.05, 0.1) is 17.6 Å². The van der Waals surface area contributed by atoms with Gasteiger partial charge in [-0.25, -0.2) is 13.9 Å². The number of rotatable bonds is 6. The van der Waals surface area contributed by atoms with Crippen molar-refractivity contribution in [3.05, 3.63) is 65.5 Å². The summed E-state index contributed by atoms with van der Waals surface area (Å²) in [5.41, 5.74) is 1.84. The molecule has 3 aromatic rings. The van der Waals surface area contributed by atoms with E-state index < -0.39 is 26.9 Å². The molecule has 12 heteroatoms. The van der Waals surface area contributed by atoms with E-state index in [1.54, 1.807) is 38.9 Å². The van der Waals surface area contributed by atoms with Gasteiger partial charge in [0.15, 0.2) is 5.03 Å². The summed E-state index contributed by atoms with van der Waals surface area (Å²) < 4.78 is 41.8. The molecule has 1 aromatic carbocycles. The highest BCUT2D eigenvalue weighted by molar-refractivity contribution is 7.90. The number of sulfonamides is 1. The number of benzene rings is 1. The van der Waals surface area contributed by atoms with Crippen LogP contribution in [0.15, 0.2) is 47.8 Å². The average Bonchev–Trinajstić information content (AvgIpc) is 2.79. The van der Waals surface area contributed by atoms with Crippen LogP contribution in [0.3, 0.4) is 0 Å². The molecule has 10 nitrogen and oxygen atoms in total. The number of hydrogen-bond acceptors (Lipinski definition) is 7. The molecular formula is C22H22FN7O3S. The maximum Gasteiger partial charge on any atom is 0.333 e. The summed E-state index contributed by atoms with van der Waals surface area (Å²) in [6.07, 6.45) is 2.78. The normalized spacial score (nSPS) is 11.1. The number of nitrogens with one attached hydrogen (secondary N) is 2. The third kappa shape index (κ3) is 5.44. The molecule has 0 aliphatic heterocycles. The second-order valence-electron chi connectivity index (χ2n) is 7.79. The molecule has 2 aromatic heterocycles. The molecule has 0 radical (unpaired) electrons. The molecule has 2 heterocycles. The van der Waals surface area contributed by atoms with Gasteiger partial charge < -0.3 is 15.1 Å². The highest BCUT2D eigenvalue weighted by Crippen LogP contribution is 2.36. The van der Waals surface area contributed by atoms with Crippen LogP contribution in [0, 0.1) is 12.4 Å². The number of carbonyl (C=O) groups is 1. The van der Waals surface area contributed by atoms with Gasteiger partial charge in [-0.2, -0.15) is 13.5 Å². The zero-order valence-electron chi connectivity index (χ0n) is 18.9. The minimum Gasteiger partial charge on any atom is -0.376 e. The molecule has 0 spiro atoms. The number of hydrogen-bond donors (Lipinski definition) is 2. The summed E-state index contributed by atoms with van der Waals surface area (Å²) in [7, 11) is -0.943. The number of anilines is 2. The zero-order chi connectivity index (χ0) is 25.0. The van der Waals surface area contributed by atoms with Gasteiger partial charge in [0.2, 0.25) is 0 Å². The molecule has 0 aliphatic rings. The number of aromatic nitrogens is 3. The maximum atomic E-state index is 14.4. The zero-order valence-corrected chi connectivity index (χ0v) is 19.7. The van der Waals surface area contributed by atoms with Gasteiger partial charge in [-0.15, -0.1) is 10.1 Å². The molecular weight excluding hydrogens is 461 g/mol. The van der Waals surface area contributed by atoms with Gasteiger partial charge in [0, 0.05) is 25.7 Å². The molecule has 176 valence electrons. The van der Waals surface area contributed by atoms with Gasteiger partial charge in [-0.05, 0) is 41.3 Å². The topological polar surface area (TPSA) is 122 Å². The summed E-state index contributed by atoms with van der Waals surface area (Å²) >= 11 is 0. The van der Waals surface area contributed by atoms with Crippen LogP contribution in [-0.4, -0.2) is 43.7 Å². The van der Waals surface area contributed by atoms with Crippen LogP contribution in [0.25, 0.3) is 16.0 Å². The summed E-state index contributed by atoms with van der Waals surface area (Å²) in [5, 5.41) is 9.37. The lowest BCUT2D eigenvalue weighted by atomic mass is 9.94. The van der Waals surface area contributed by atoms with Gasteiger partial charge in [0.25, 0.3) is 15.8 Å². The van der Waals surface area contributed by atoms with Crippen molar-refractivity contribution in [1.29, 1.82) is 0 Å². The van der Waals surface area contributed by atoms with Crippen molar-refractivity contribution in [2.45, 2.75) is 24.8 Å². The van der Waals surface area contributed by atoms with E-state index in [9.17, 15) is 17.6 Å². The fourth-order valence-electron chi connectivity index (χ4n) is 3.12. The minimum atomic E-state index is -4.35. The number of amides is 2. The van der Waals surface area contributed by atoms with E-state index in [0.717, 1.165) is 0 Å². The molecule has 0 aliphatic carbocycles. The third-order valence-electron chi connectivity index (χ3n) is 4.80. The Balaban J connectivity index is 2.00. The average molecular weight is 484 g/mol. The molecule has 0 fully saturated rings. The third-order valence-corrected chi connectivity index (χ3v) is 6.01. The Hall–Kier alpha value is -4.11. The van der Waals surface area contributed by atoms with Crippen molar-refractivity contribution in [1.82, 2.24) is 19.9 Å². The SMILES string of the molecule is [C-]#[N+]c1cc(-c2cc(F)cc(C(C)C)c2NC(=O)NS(=O)(=O)c2cc(N(C)C)cnn2)ccn1. The van der Waals surface area contributed by atoms with E-state index >= 15 is 0 Å². The number of carbonyl (C=O) groups excluding carboxylic acids is 1. The lowest BCUT2D eigenvalue weighted by molar-refractivity contribution is 0.256. The monoisotopic (exact) mass is 483 g/mol. The van der Waals surface area contributed by atoms with Crippen molar-refractivity contribution in [2.24, 2.45) is 0 Å². The first-order chi connectivity index (χ1) is 16.0. The molecule has 0 unspecified atom stereocenters. The van der Waals surface area contributed by atoms with E-state index in [0.29, 0.717) is 16.8 Å². The number of urea groups is 1. The molecule has 0 bridgehead atoms. The Labute approximate surface area is 196 Å². The van der Waals surface area contributed by atoms with Crippen LogP contribution in [-0.2, 0) is 10.0 Å². The summed E-state index contributed by atoms with van der Waals surface area (Å²) in [6.45, 7) is 10.8. The van der Waals surface area contributed by atoms with Crippen LogP contribution in [0.4, 0.5) is 26.4 Å². The lowest BCUT2D eigenvalue weighted by Gasteiger charge is -2.19. The number of pyridine rings is 1. The van der Waals surface area contributed by atoms with Crippen molar-refractivity contribution in [2.75, 3.05) is 24.3 Å². The molecule has 0 atom stereocenters. The van der Waals surface area contributed by atoms with Crippen molar-refractivity contribution >= 4 is 33.2 Å². The Morgan fingerprint density at radius 2 is 1.94 bits per heavy atom. The molecule has 34 heavy (non-hydrogen) atoms. The van der Waals surface area contributed by atoms with Crippen LogP contribution < -0.4 is 14.9 Å². The standard InChI is InChI=1S/C22H22FN7O3S/c1-13(2)17-9-15(23)10-18(14-6-7-25-19(8-14)24-3)21(17)27-22(31)29-34(32,33)20-11-16(30(4)5)12-26-28-20/h6-13H,1-2,4-5H3,(H2,27,29,31). The Morgan fingerprint density at radius 1 is 1.21 bits per heavy atom. The largest absolute Gasteiger partial charge is 0.376 e. The number of halogens is 1. The lowest BCUT2D eigenvalue weighted by Crippen LogP contribution is -2.35. The van der Waals surface area contributed by atoms with Crippen LogP contribution in [0.5, 0.6) is 0 Å². The minimum absolute atomic E-state index is 0.0881. The van der Waals surface area contributed by atoms with Gasteiger partial charge >= 0.3 is 6.03 Å². The summed E-state index contributed by atoms with van der Waals surface area (Å²) in [6, 6.07) is 5.69. The Kier molecular flexibility index (Phi) is 7.07. The van der Waals surface area contributed by atoms with Gasteiger partial charge in [-0.3, -0.25) is 0 Å².